The molecule has 0 aromatic carbocycles. The first-order valence-electron chi connectivity index (χ1n) is 6.50. The van der Waals surface area contributed by atoms with Gasteiger partial charge in [0.15, 0.2) is 5.65 Å². The van der Waals surface area contributed by atoms with Crippen LogP contribution in [0.5, 0.6) is 0 Å². The van der Waals surface area contributed by atoms with Crippen LogP contribution in [0.1, 0.15) is 16.7 Å². The number of nitrogens with one attached hydrogen (secondary N) is 3. The number of aryl methyl sites for hydroxylation is 1. The molecule has 3 N–H and O–H groups in total. The van der Waals surface area contributed by atoms with Crippen molar-refractivity contribution < 1.29 is 0 Å². The van der Waals surface area contributed by atoms with Crippen LogP contribution in [0.25, 0.3) is 11.0 Å². The molecule has 0 saturated heterocycles. The number of rotatable bonds is 5. The highest BCUT2D eigenvalue weighted by Gasteiger charge is 2.09. The zero-order valence-corrected chi connectivity index (χ0v) is 12.2. The number of anilines is 2. The number of aromatic amines is 1. The summed E-state index contributed by atoms with van der Waals surface area (Å²) in [6, 6.07) is 4.26. The monoisotopic (exact) mass is 288 g/mol. The fourth-order valence-electron chi connectivity index (χ4n) is 1.96. The van der Waals surface area contributed by atoms with E-state index in [9.17, 15) is 0 Å². The minimum Gasteiger partial charge on any atom is -0.364 e. The Balaban J connectivity index is 1.87. The van der Waals surface area contributed by atoms with Crippen molar-refractivity contribution in [1.82, 2.24) is 20.2 Å². The van der Waals surface area contributed by atoms with Crippen LogP contribution in [0.15, 0.2) is 18.3 Å². The molecule has 0 fully saturated rings. The number of fused-ring (bicyclic) bond motifs is 1. The maximum atomic E-state index is 4.50. The molecule has 3 rings (SSSR count). The third-order valence-corrected chi connectivity index (χ3v) is 3.87. The van der Waals surface area contributed by atoms with E-state index in [2.05, 4.69) is 49.9 Å². The molecule has 0 aliphatic rings. The summed E-state index contributed by atoms with van der Waals surface area (Å²) in [4.78, 5) is 11.5. The van der Waals surface area contributed by atoms with Crippen molar-refractivity contribution in [1.29, 1.82) is 0 Å². The summed E-state index contributed by atoms with van der Waals surface area (Å²) in [5.41, 5.74) is 0.737. The number of aromatic nitrogens is 4. The molecular weight excluding hydrogens is 272 g/mol. The summed E-state index contributed by atoms with van der Waals surface area (Å²) in [5.74, 6) is 1.40. The van der Waals surface area contributed by atoms with Crippen molar-refractivity contribution in [2.75, 3.05) is 17.2 Å². The van der Waals surface area contributed by atoms with Crippen LogP contribution < -0.4 is 10.6 Å². The maximum absolute atomic E-state index is 4.50. The van der Waals surface area contributed by atoms with Gasteiger partial charge in [0.05, 0.1) is 18.1 Å². The average molecular weight is 288 g/mol. The van der Waals surface area contributed by atoms with Gasteiger partial charge in [-0.25, -0.2) is 0 Å². The SMILES string of the molecule is CCNc1nc(NCc2ccc(C)s2)c2cn[nH]c2n1. The van der Waals surface area contributed by atoms with Gasteiger partial charge in [0, 0.05) is 16.3 Å². The largest absolute Gasteiger partial charge is 0.364 e. The normalized spacial score (nSPS) is 10.9. The summed E-state index contributed by atoms with van der Waals surface area (Å²) in [6.07, 6.45) is 1.74. The van der Waals surface area contributed by atoms with Gasteiger partial charge in [0.1, 0.15) is 5.82 Å². The second-order valence-electron chi connectivity index (χ2n) is 4.42. The molecular formula is C13H16N6S. The fraction of sp³-hybridized carbons (Fsp3) is 0.308. The Morgan fingerprint density at radius 1 is 1.25 bits per heavy atom. The molecule has 0 bridgehead atoms. The van der Waals surface area contributed by atoms with Gasteiger partial charge in [0.2, 0.25) is 5.95 Å². The molecule has 7 heteroatoms. The average Bonchev–Trinajstić information content (AvgIpc) is 3.05. The Bertz CT molecular complexity index is 717. The minimum absolute atomic E-state index is 0.606. The molecule has 0 spiro atoms. The highest BCUT2D eigenvalue weighted by atomic mass is 32.1. The molecule has 3 aromatic heterocycles. The van der Waals surface area contributed by atoms with Crippen LogP contribution in [-0.2, 0) is 6.54 Å². The third-order valence-electron chi connectivity index (χ3n) is 2.87. The lowest BCUT2D eigenvalue weighted by Crippen LogP contribution is -2.06. The van der Waals surface area contributed by atoms with Gasteiger partial charge in [-0.2, -0.15) is 15.1 Å². The lowest BCUT2D eigenvalue weighted by Gasteiger charge is -2.08. The van der Waals surface area contributed by atoms with Crippen molar-refractivity contribution in [3.8, 4) is 0 Å². The first-order valence-corrected chi connectivity index (χ1v) is 7.32. The molecule has 0 saturated carbocycles. The van der Waals surface area contributed by atoms with E-state index in [0.29, 0.717) is 5.95 Å². The van der Waals surface area contributed by atoms with E-state index in [1.54, 1.807) is 17.5 Å². The molecule has 3 heterocycles. The quantitative estimate of drug-likeness (QED) is 0.673. The minimum atomic E-state index is 0.606. The lowest BCUT2D eigenvalue weighted by atomic mass is 10.3. The van der Waals surface area contributed by atoms with Crippen LogP contribution >= 0.6 is 11.3 Å². The molecule has 6 nitrogen and oxygen atoms in total. The Kier molecular flexibility index (Phi) is 3.51. The van der Waals surface area contributed by atoms with Gasteiger partial charge in [-0.1, -0.05) is 0 Å². The van der Waals surface area contributed by atoms with Gasteiger partial charge >= 0.3 is 0 Å². The smallest absolute Gasteiger partial charge is 0.226 e. The van der Waals surface area contributed by atoms with E-state index < -0.39 is 0 Å². The van der Waals surface area contributed by atoms with Crippen molar-refractivity contribution in [2.24, 2.45) is 0 Å². The van der Waals surface area contributed by atoms with E-state index in [0.717, 1.165) is 29.9 Å². The van der Waals surface area contributed by atoms with Crippen LogP contribution in [0.2, 0.25) is 0 Å². The molecule has 0 aliphatic heterocycles. The zero-order valence-electron chi connectivity index (χ0n) is 11.4. The van der Waals surface area contributed by atoms with E-state index >= 15 is 0 Å². The van der Waals surface area contributed by atoms with Gasteiger partial charge < -0.3 is 10.6 Å². The van der Waals surface area contributed by atoms with Crippen LogP contribution in [0.4, 0.5) is 11.8 Å². The summed E-state index contributed by atoms with van der Waals surface area (Å²) < 4.78 is 0. The van der Waals surface area contributed by atoms with Crippen LogP contribution in [0, 0.1) is 6.92 Å². The van der Waals surface area contributed by atoms with Crippen molar-refractivity contribution in [2.45, 2.75) is 20.4 Å². The molecule has 0 radical (unpaired) electrons. The Labute approximate surface area is 120 Å². The van der Waals surface area contributed by atoms with Crippen molar-refractivity contribution in [3.63, 3.8) is 0 Å². The molecule has 0 aliphatic carbocycles. The van der Waals surface area contributed by atoms with Gasteiger partial charge in [-0.15, -0.1) is 11.3 Å². The van der Waals surface area contributed by atoms with Crippen LogP contribution in [0.3, 0.4) is 0 Å². The van der Waals surface area contributed by atoms with E-state index in [4.69, 9.17) is 0 Å². The summed E-state index contributed by atoms with van der Waals surface area (Å²) in [6.45, 7) is 5.66. The second kappa shape index (κ2) is 5.46. The highest BCUT2D eigenvalue weighted by molar-refractivity contribution is 7.11. The van der Waals surface area contributed by atoms with Gasteiger partial charge in [-0.05, 0) is 26.0 Å². The van der Waals surface area contributed by atoms with Crippen molar-refractivity contribution >= 4 is 34.1 Å². The lowest BCUT2D eigenvalue weighted by molar-refractivity contribution is 1.06. The fourth-order valence-corrected chi connectivity index (χ4v) is 2.79. The Hall–Kier alpha value is -2.15. The number of thiophene rings is 1. The first kappa shape index (κ1) is 12.9. The number of hydrogen-bond acceptors (Lipinski definition) is 6. The first-order chi connectivity index (χ1) is 9.76. The summed E-state index contributed by atoms with van der Waals surface area (Å²) in [5, 5.41) is 14.3. The van der Waals surface area contributed by atoms with E-state index in [1.165, 1.54) is 9.75 Å². The predicted molar refractivity (Wildman–Crippen MR) is 82.2 cm³/mol. The Morgan fingerprint density at radius 3 is 2.90 bits per heavy atom. The Morgan fingerprint density at radius 2 is 2.15 bits per heavy atom. The molecule has 0 atom stereocenters. The molecule has 20 heavy (non-hydrogen) atoms. The maximum Gasteiger partial charge on any atom is 0.226 e. The molecule has 104 valence electrons. The number of hydrogen-bond donors (Lipinski definition) is 3. The van der Waals surface area contributed by atoms with Crippen LogP contribution in [-0.4, -0.2) is 26.7 Å². The zero-order chi connectivity index (χ0) is 13.9. The standard InChI is InChI=1S/C13H16N6S/c1-3-14-13-17-11(10-7-16-19-12(10)18-13)15-6-9-5-4-8(2)20-9/h4-5,7H,3,6H2,1-2H3,(H3,14,15,16,17,18,19). The van der Waals surface area contributed by atoms with E-state index in [1.807, 2.05) is 6.92 Å². The summed E-state index contributed by atoms with van der Waals surface area (Å²) in [7, 11) is 0. The second-order valence-corrected chi connectivity index (χ2v) is 5.80. The predicted octanol–water partition coefficient (Wildman–Crippen LogP) is 2.77. The third kappa shape index (κ3) is 2.57. The van der Waals surface area contributed by atoms with Gasteiger partial charge in [0.25, 0.3) is 0 Å². The van der Waals surface area contributed by atoms with E-state index in [-0.39, 0.29) is 0 Å². The number of nitrogens with zero attached hydrogens (tertiary/aromatic N) is 3. The topological polar surface area (TPSA) is 78.5 Å². The molecule has 3 aromatic rings. The molecule has 0 amide bonds. The highest BCUT2D eigenvalue weighted by Crippen LogP contribution is 2.22. The number of H-pyrrole nitrogens is 1. The summed E-state index contributed by atoms with van der Waals surface area (Å²) >= 11 is 1.78. The molecule has 0 unspecified atom stereocenters. The van der Waals surface area contributed by atoms with Crippen molar-refractivity contribution in [3.05, 3.63) is 28.1 Å². The van der Waals surface area contributed by atoms with Gasteiger partial charge in [-0.3, -0.25) is 5.10 Å².